The first-order chi connectivity index (χ1) is 6.11. The van der Waals surface area contributed by atoms with E-state index in [1.807, 2.05) is 0 Å². The molecule has 13 heavy (non-hydrogen) atoms. The summed E-state index contributed by atoms with van der Waals surface area (Å²) in [6, 6.07) is -0.664. The Labute approximate surface area is 76.7 Å². The molecule has 6 nitrogen and oxygen atoms in total. The molecular formula is C7H15N3O3. The van der Waals surface area contributed by atoms with Crippen molar-refractivity contribution in [3.63, 3.8) is 0 Å². The van der Waals surface area contributed by atoms with Crippen LogP contribution >= 0.6 is 0 Å². The molecule has 0 aliphatic carbocycles. The van der Waals surface area contributed by atoms with Crippen LogP contribution in [0.3, 0.4) is 0 Å². The fourth-order valence-electron chi connectivity index (χ4n) is 0.869. The van der Waals surface area contributed by atoms with E-state index in [1.165, 1.54) is 0 Å². The molecule has 0 aromatic heterocycles. The Morgan fingerprint density at radius 1 is 1.38 bits per heavy atom. The molecule has 0 fully saturated rings. The number of likely N-dealkylation sites (N-methyl/N-ethyl adjacent to an activating group) is 1. The Balaban J connectivity index is 3.72. The summed E-state index contributed by atoms with van der Waals surface area (Å²) in [5.41, 5.74) is 4.83. The van der Waals surface area contributed by atoms with Gasteiger partial charge in [0.15, 0.2) is 0 Å². The Morgan fingerprint density at radius 3 is 2.38 bits per heavy atom. The number of carboxylic acids is 1. The number of hydrogen-bond acceptors (Lipinski definition) is 4. The number of carbonyl (C=O) groups is 2. The first-order valence-corrected chi connectivity index (χ1v) is 3.97. The lowest BCUT2D eigenvalue weighted by molar-refractivity contribution is -0.139. The van der Waals surface area contributed by atoms with Crippen molar-refractivity contribution in [2.75, 3.05) is 14.1 Å². The zero-order chi connectivity index (χ0) is 10.3. The molecule has 0 saturated heterocycles. The van der Waals surface area contributed by atoms with Crippen LogP contribution < -0.4 is 16.2 Å². The van der Waals surface area contributed by atoms with Gasteiger partial charge in [0.2, 0.25) is 5.91 Å². The normalized spacial score (nSPS) is 12.2. The van der Waals surface area contributed by atoms with E-state index in [1.54, 1.807) is 14.1 Å². The molecule has 4 N–H and O–H groups in total. The van der Waals surface area contributed by atoms with Crippen LogP contribution in [0.5, 0.6) is 0 Å². The van der Waals surface area contributed by atoms with Gasteiger partial charge in [-0.15, -0.1) is 0 Å². The number of carbonyl (C=O) groups excluding carboxylic acids is 1. The predicted molar refractivity (Wildman–Crippen MR) is 46.9 cm³/mol. The average Bonchev–Trinajstić information content (AvgIpc) is 2.05. The summed E-state index contributed by atoms with van der Waals surface area (Å²) in [5, 5.41) is 11.2. The SMILES string of the molecule is CNNC(=O)CC[C@H](NC)C(=O)O. The van der Waals surface area contributed by atoms with Crippen LogP contribution in [-0.4, -0.2) is 37.1 Å². The maximum Gasteiger partial charge on any atom is 0.320 e. The molecule has 76 valence electrons. The van der Waals surface area contributed by atoms with E-state index in [-0.39, 0.29) is 18.7 Å². The molecular weight excluding hydrogens is 174 g/mol. The molecule has 0 bridgehead atoms. The Hall–Kier alpha value is -1.14. The highest BCUT2D eigenvalue weighted by Crippen LogP contribution is 1.96. The average molecular weight is 189 g/mol. The van der Waals surface area contributed by atoms with Crippen molar-refractivity contribution in [1.29, 1.82) is 0 Å². The van der Waals surface area contributed by atoms with Crippen molar-refractivity contribution in [2.24, 2.45) is 0 Å². The van der Waals surface area contributed by atoms with Gasteiger partial charge in [-0.05, 0) is 13.5 Å². The second-order valence-electron chi connectivity index (χ2n) is 2.52. The fraction of sp³-hybridized carbons (Fsp3) is 0.714. The van der Waals surface area contributed by atoms with Gasteiger partial charge in [0.05, 0.1) is 0 Å². The standard InChI is InChI=1S/C7H15N3O3/c1-8-5(7(12)13)3-4-6(11)10-9-2/h5,8-9H,3-4H2,1-2H3,(H,10,11)(H,12,13)/t5-/m0/s1. The monoisotopic (exact) mass is 189 g/mol. The van der Waals surface area contributed by atoms with Crippen LogP contribution in [0, 0.1) is 0 Å². The lowest BCUT2D eigenvalue weighted by Crippen LogP contribution is -2.38. The van der Waals surface area contributed by atoms with E-state index in [9.17, 15) is 9.59 Å². The van der Waals surface area contributed by atoms with Gasteiger partial charge in [-0.1, -0.05) is 0 Å². The third-order valence-electron chi connectivity index (χ3n) is 1.57. The van der Waals surface area contributed by atoms with Crippen molar-refractivity contribution in [2.45, 2.75) is 18.9 Å². The molecule has 0 radical (unpaired) electrons. The first-order valence-electron chi connectivity index (χ1n) is 3.97. The second kappa shape index (κ2) is 6.38. The molecule has 0 aliphatic rings. The van der Waals surface area contributed by atoms with Crippen LogP contribution in [0.25, 0.3) is 0 Å². The maximum absolute atomic E-state index is 10.9. The first kappa shape index (κ1) is 11.9. The molecule has 0 spiro atoms. The van der Waals surface area contributed by atoms with Gasteiger partial charge in [0, 0.05) is 13.5 Å². The molecule has 0 aromatic rings. The van der Waals surface area contributed by atoms with Gasteiger partial charge < -0.3 is 10.4 Å². The highest BCUT2D eigenvalue weighted by atomic mass is 16.4. The van der Waals surface area contributed by atoms with Gasteiger partial charge in [-0.25, -0.2) is 5.43 Å². The minimum atomic E-state index is -0.945. The summed E-state index contributed by atoms with van der Waals surface area (Å²) in [4.78, 5) is 21.4. The largest absolute Gasteiger partial charge is 0.480 e. The molecule has 0 aromatic carbocycles. The van der Waals surface area contributed by atoms with Crippen LogP contribution in [0.2, 0.25) is 0 Å². The second-order valence-corrected chi connectivity index (χ2v) is 2.52. The van der Waals surface area contributed by atoms with E-state index in [2.05, 4.69) is 16.2 Å². The smallest absolute Gasteiger partial charge is 0.320 e. The zero-order valence-corrected chi connectivity index (χ0v) is 7.76. The molecule has 1 atom stereocenters. The third-order valence-corrected chi connectivity index (χ3v) is 1.57. The summed E-state index contributed by atoms with van der Waals surface area (Å²) in [5.74, 6) is -1.16. The number of hydrogen-bond donors (Lipinski definition) is 4. The maximum atomic E-state index is 10.9. The van der Waals surface area contributed by atoms with Crippen molar-refractivity contribution in [3.8, 4) is 0 Å². The topological polar surface area (TPSA) is 90.5 Å². The third kappa shape index (κ3) is 5.15. The van der Waals surface area contributed by atoms with E-state index in [0.29, 0.717) is 0 Å². The van der Waals surface area contributed by atoms with E-state index in [4.69, 9.17) is 5.11 Å². The van der Waals surface area contributed by atoms with Crippen LogP contribution in [0.15, 0.2) is 0 Å². The lowest BCUT2D eigenvalue weighted by atomic mass is 10.1. The summed E-state index contributed by atoms with van der Waals surface area (Å²) < 4.78 is 0. The molecule has 0 unspecified atom stereocenters. The quantitative estimate of drug-likeness (QED) is 0.389. The number of hydrazine groups is 1. The number of nitrogens with one attached hydrogen (secondary N) is 3. The van der Waals surface area contributed by atoms with Gasteiger partial charge in [-0.2, -0.15) is 0 Å². The van der Waals surface area contributed by atoms with Gasteiger partial charge in [-0.3, -0.25) is 15.0 Å². The van der Waals surface area contributed by atoms with Crippen LogP contribution in [-0.2, 0) is 9.59 Å². The van der Waals surface area contributed by atoms with E-state index in [0.717, 1.165) is 0 Å². The zero-order valence-electron chi connectivity index (χ0n) is 7.76. The Bertz CT molecular complexity index is 184. The number of rotatable bonds is 6. The van der Waals surface area contributed by atoms with Crippen molar-refractivity contribution >= 4 is 11.9 Å². The van der Waals surface area contributed by atoms with Gasteiger partial charge in [0.25, 0.3) is 0 Å². The van der Waals surface area contributed by atoms with Crippen LogP contribution in [0.1, 0.15) is 12.8 Å². The van der Waals surface area contributed by atoms with E-state index >= 15 is 0 Å². The Morgan fingerprint density at radius 2 is 2.00 bits per heavy atom. The number of carboxylic acid groups (broad SMARTS) is 1. The summed E-state index contributed by atoms with van der Waals surface area (Å²) in [7, 11) is 3.12. The lowest BCUT2D eigenvalue weighted by Gasteiger charge is -2.10. The minimum Gasteiger partial charge on any atom is -0.480 e. The fourth-order valence-corrected chi connectivity index (χ4v) is 0.869. The molecule has 1 amide bonds. The highest BCUT2D eigenvalue weighted by molar-refractivity contribution is 5.78. The van der Waals surface area contributed by atoms with Gasteiger partial charge >= 0.3 is 5.97 Å². The van der Waals surface area contributed by atoms with Crippen molar-refractivity contribution in [1.82, 2.24) is 16.2 Å². The highest BCUT2D eigenvalue weighted by Gasteiger charge is 2.15. The number of aliphatic carboxylic acids is 1. The molecule has 6 heteroatoms. The van der Waals surface area contributed by atoms with E-state index < -0.39 is 12.0 Å². The predicted octanol–water partition coefficient (Wildman–Crippen LogP) is -1.31. The minimum absolute atomic E-state index is 0.179. The number of amides is 1. The summed E-state index contributed by atoms with van der Waals surface area (Å²) in [6.45, 7) is 0. The molecule has 0 heterocycles. The summed E-state index contributed by atoms with van der Waals surface area (Å²) in [6.07, 6.45) is 0.456. The molecule has 0 rings (SSSR count). The molecule has 0 saturated carbocycles. The van der Waals surface area contributed by atoms with Crippen molar-refractivity contribution < 1.29 is 14.7 Å². The van der Waals surface area contributed by atoms with Crippen molar-refractivity contribution in [3.05, 3.63) is 0 Å². The van der Waals surface area contributed by atoms with Gasteiger partial charge in [0.1, 0.15) is 6.04 Å². The summed E-state index contributed by atoms with van der Waals surface area (Å²) >= 11 is 0. The van der Waals surface area contributed by atoms with Crippen LogP contribution in [0.4, 0.5) is 0 Å². The molecule has 0 aliphatic heterocycles. The Kier molecular flexibility index (Phi) is 5.82.